The number of amides is 1. The molecule has 2 N–H and O–H groups in total. The molecule has 2 aliphatic rings. The molecule has 2 aliphatic carbocycles. The van der Waals surface area contributed by atoms with E-state index in [4.69, 9.17) is 9.97 Å². The highest BCUT2D eigenvalue weighted by Crippen LogP contribution is 2.29. The Balaban J connectivity index is 1.25. The number of nitrogens with one attached hydrogen (secondary N) is 2. The average Bonchev–Trinajstić information content (AvgIpc) is 2.78. The van der Waals surface area contributed by atoms with Gasteiger partial charge in [0.25, 0.3) is 0 Å². The lowest BCUT2D eigenvalue weighted by atomic mass is 9.85. The minimum atomic E-state index is 0.257. The molecule has 4 rings (SSSR count). The van der Waals surface area contributed by atoms with Gasteiger partial charge in [0.05, 0.1) is 5.52 Å². The number of hydrogen-bond donors (Lipinski definition) is 2. The van der Waals surface area contributed by atoms with Gasteiger partial charge in [-0.1, -0.05) is 31.4 Å². The third-order valence-electron chi connectivity index (χ3n) is 6.97. The van der Waals surface area contributed by atoms with E-state index < -0.39 is 0 Å². The lowest BCUT2D eigenvalue weighted by Gasteiger charge is -2.30. The second-order valence-electron chi connectivity index (χ2n) is 9.66. The minimum absolute atomic E-state index is 0.257. The number of aromatic nitrogens is 2. The third-order valence-corrected chi connectivity index (χ3v) is 6.97. The van der Waals surface area contributed by atoms with Gasteiger partial charge in [0.1, 0.15) is 5.82 Å². The first-order valence-electron chi connectivity index (χ1n) is 12.1. The topological polar surface area (TPSA) is 70.2 Å². The van der Waals surface area contributed by atoms with Crippen molar-refractivity contribution in [1.82, 2.24) is 15.3 Å². The van der Waals surface area contributed by atoms with Crippen LogP contribution < -0.4 is 15.5 Å². The number of carbonyl (C=O) groups is 1. The summed E-state index contributed by atoms with van der Waals surface area (Å²) in [6.45, 7) is 0.829. The highest BCUT2D eigenvalue weighted by molar-refractivity contribution is 5.90. The van der Waals surface area contributed by atoms with Crippen molar-refractivity contribution in [1.29, 1.82) is 0 Å². The van der Waals surface area contributed by atoms with Crippen LogP contribution in [0.3, 0.4) is 0 Å². The molecule has 2 fully saturated rings. The summed E-state index contributed by atoms with van der Waals surface area (Å²) in [4.78, 5) is 23.9. The number of fused-ring (bicyclic) bond motifs is 1. The Bertz CT molecular complexity index is 869. The molecule has 1 aromatic heterocycles. The van der Waals surface area contributed by atoms with Crippen LogP contribution in [0.5, 0.6) is 0 Å². The first-order valence-corrected chi connectivity index (χ1v) is 12.1. The van der Waals surface area contributed by atoms with Crippen LogP contribution in [0.25, 0.3) is 10.9 Å². The second kappa shape index (κ2) is 10.3. The van der Waals surface area contributed by atoms with Crippen molar-refractivity contribution in [2.24, 2.45) is 11.8 Å². The predicted molar refractivity (Wildman–Crippen MR) is 127 cm³/mol. The summed E-state index contributed by atoms with van der Waals surface area (Å²) in [5, 5.41) is 7.86. The normalized spacial score (nSPS) is 22.3. The molecule has 1 aromatic carbocycles. The summed E-state index contributed by atoms with van der Waals surface area (Å²) in [7, 11) is 4.04. The van der Waals surface area contributed by atoms with E-state index in [0.717, 1.165) is 55.4 Å². The quantitative estimate of drug-likeness (QED) is 0.672. The van der Waals surface area contributed by atoms with Crippen LogP contribution in [0.1, 0.15) is 64.2 Å². The SMILES string of the molecule is CN(C)c1nc(N[C@H]2CC[C@@H](CNC(=O)CC3CCCCC3)CC2)nc2ccccc12. The molecule has 1 amide bonds. The van der Waals surface area contributed by atoms with Crippen LogP contribution in [0.15, 0.2) is 24.3 Å². The Kier molecular flexibility index (Phi) is 7.25. The minimum Gasteiger partial charge on any atom is -0.362 e. The van der Waals surface area contributed by atoms with E-state index in [0.29, 0.717) is 23.8 Å². The van der Waals surface area contributed by atoms with Crippen LogP contribution in [-0.2, 0) is 4.79 Å². The Hall–Kier alpha value is -2.37. The molecule has 6 heteroatoms. The monoisotopic (exact) mass is 423 g/mol. The molecule has 0 atom stereocenters. The van der Waals surface area contributed by atoms with Crippen molar-refractivity contribution >= 4 is 28.6 Å². The van der Waals surface area contributed by atoms with Gasteiger partial charge < -0.3 is 15.5 Å². The van der Waals surface area contributed by atoms with E-state index in [-0.39, 0.29) is 5.91 Å². The van der Waals surface area contributed by atoms with Gasteiger partial charge in [0.2, 0.25) is 11.9 Å². The molecule has 168 valence electrons. The van der Waals surface area contributed by atoms with Gasteiger partial charge in [0, 0.05) is 38.5 Å². The fraction of sp³-hybridized carbons (Fsp3) is 0.640. The predicted octanol–water partition coefficient (Wildman–Crippen LogP) is 4.75. The molecule has 1 heterocycles. The number of nitrogens with zero attached hydrogens (tertiary/aromatic N) is 3. The van der Waals surface area contributed by atoms with Crippen LogP contribution in [0, 0.1) is 11.8 Å². The van der Waals surface area contributed by atoms with Crippen LogP contribution >= 0.6 is 0 Å². The zero-order chi connectivity index (χ0) is 21.6. The van der Waals surface area contributed by atoms with Gasteiger partial charge in [-0.25, -0.2) is 4.98 Å². The van der Waals surface area contributed by atoms with Gasteiger partial charge in [-0.3, -0.25) is 4.79 Å². The summed E-state index contributed by atoms with van der Waals surface area (Å²) in [6, 6.07) is 8.56. The van der Waals surface area contributed by atoms with Crippen molar-refractivity contribution in [3.05, 3.63) is 24.3 Å². The van der Waals surface area contributed by atoms with Crippen LogP contribution in [-0.4, -0.2) is 42.6 Å². The van der Waals surface area contributed by atoms with Crippen molar-refractivity contribution in [3.63, 3.8) is 0 Å². The first-order chi connectivity index (χ1) is 15.1. The number of benzene rings is 1. The van der Waals surface area contributed by atoms with E-state index in [9.17, 15) is 4.79 Å². The Labute approximate surface area is 186 Å². The molecule has 0 aliphatic heterocycles. The van der Waals surface area contributed by atoms with Crippen molar-refractivity contribution in [2.75, 3.05) is 30.9 Å². The highest BCUT2D eigenvalue weighted by Gasteiger charge is 2.23. The van der Waals surface area contributed by atoms with E-state index in [2.05, 4.69) is 16.7 Å². The Morgan fingerprint density at radius 2 is 1.71 bits per heavy atom. The molecule has 0 spiro atoms. The largest absolute Gasteiger partial charge is 0.362 e. The number of anilines is 2. The molecule has 0 unspecified atom stereocenters. The molecular formula is C25H37N5O. The number of hydrogen-bond acceptors (Lipinski definition) is 5. The molecule has 0 saturated heterocycles. The lowest BCUT2D eigenvalue weighted by molar-refractivity contribution is -0.122. The molecule has 2 saturated carbocycles. The summed E-state index contributed by atoms with van der Waals surface area (Å²) in [6.07, 6.45) is 11.6. The molecule has 2 aromatic rings. The summed E-state index contributed by atoms with van der Waals surface area (Å²) in [5.74, 6) is 3.12. The molecule has 6 nitrogen and oxygen atoms in total. The van der Waals surface area contributed by atoms with Gasteiger partial charge >= 0.3 is 0 Å². The zero-order valence-corrected chi connectivity index (χ0v) is 19.1. The van der Waals surface area contributed by atoms with Gasteiger partial charge in [-0.05, 0) is 62.5 Å². The summed E-state index contributed by atoms with van der Waals surface area (Å²) in [5.41, 5.74) is 0.970. The van der Waals surface area contributed by atoms with Gasteiger partial charge in [-0.15, -0.1) is 0 Å². The van der Waals surface area contributed by atoms with E-state index in [1.165, 1.54) is 32.1 Å². The number of carbonyl (C=O) groups excluding carboxylic acids is 1. The lowest BCUT2D eigenvalue weighted by Crippen LogP contribution is -2.35. The highest BCUT2D eigenvalue weighted by atomic mass is 16.1. The summed E-state index contributed by atoms with van der Waals surface area (Å²) < 4.78 is 0. The van der Waals surface area contributed by atoms with Gasteiger partial charge in [-0.2, -0.15) is 4.98 Å². The Morgan fingerprint density at radius 3 is 2.45 bits per heavy atom. The number of para-hydroxylation sites is 1. The maximum atomic E-state index is 12.3. The first kappa shape index (κ1) is 21.8. The fourth-order valence-corrected chi connectivity index (χ4v) is 5.14. The van der Waals surface area contributed by atoms with E-state index >= 15 is 0 Å². The maximum absolute atomic E-state index is 12.3. The smallest absolute Gasteiger partial charge is 0.225 e. The van der Waals surface area contributed by atoms with Crippen molar-refractivity contribution in [2.45, 2.75) is 70.3 Å². The van der Waals surface area contributed by atoms with Crippen molar-refractivity contribution in [3.8, 4) is 0 Å². The molecule has 0 bridgehead atoms. The Morgan fingerprint density at radius 1 is 0.968 bits per heavy atom. The van der Waals surface area contributed by atoms with Gasteiger partial charge in [0.15, 0.2) is 0 Å². The molecular weight excluding hydrogens is 386 g/mol. The van der Waals surface area contributed by atoms with Crippen LogP contribution in [0.4, 0.5) is 11.8 Å². The van der Waals surface area contributed by atoms with Crippen LogP contribution in [0.2, 0.25) is 0 Å². The van der Waals surface area contributed by atoms with E-state index in [1.54, 1.807) is 0 Å². The zero-order valence-electron chi connectivity index (χ0n) is 19.1. The summed E-state index contributed by atoms with van der Waals surface area (Å²) >= 11 is 0. The second-order valence-corrected chi connectivity index (χ2v) is 9.66. The van der Waals surface area contributed by atoms with Crippen molar-refractivity contribution < 1.29 is 4.79 Å². The molecule has 31 heavy (non-hydrogen) atoms. The van der Waals surface area contributed by atoms with E-state index in [1.807, 2.05) is 37.2 Å². The molecule has 0 radical (unpaired) electrons. The standard InChI is InChI=1S/C25H37N5O/c1-30(2)24-21-10-6-7-11-22(21)28-25(29-24)27-20-14-12-19(13-15-20)17-26-23(31)16-18-8-4-3-5-9-18/h6-7,10-11,18-20H,3-5,8-9,12-17H2,1-2H3,(H,26,31)(H,27,28,29)/t19-,20+. The third kappa shape index (κ3) is 5.86. The number of rotatable bonds is 7. The fourth-order valence-electron chi connectivity index (χ4n) is 5.14. The maximum Gasteiger partial charge on any atom is 0.225 e. The average molecular weight is 424 g/mol.